The average Bonchev–Trinajstić information content (AvgIpc) is 2.73. The van der Waals surface area contributed by atoms with E-state index in [-0.39, 0.29) is 10.6 Å². The van der Waals surface area contributed by atoms with Crippen LogP contribution in [-0.4, -0.2) is 20.4 Å². The van der Waals surface area contributed by atoms with Gasteiger partial charge in [-0.2, -0.15) is 0 Å². The van der Waals surface area contributed by atoms with Gasteiger partial charge < -0.3 is 0 Å². The van der Waals surface area contributed by atoms with E-state index in [9.17, 15) is 8.42 Å². The summed E-state index contributed by atoms with van der Waals surface area (Å²) in [5.74, 6) is 0.131. The molecule has 1 aliphatic rings. The molecule has 0 amide bonds. The number of rotatable bonds is 3. The third-order valence-corrected chi connectivity index (χ3v) is 5.88. The quantitative estimate of drug-likeness (QED) is 0.803. The summed E-state index contributed by atoms with van der Waals surface area (Å²) >= 11 is 3.53. The van der Waals surface area contributed by atoms with Crippen LogP contribution in [0.1, 0.15) is 21.5 Å². The van der Waals surface area contributed by atoms with Crippen molar-refractivity contribution in [3.8, 4) is 0 Å². The summed E-state index contributed by atoms with van der Waals surface area (Å²) in [5.41, 5.74) is 3.84. The minimum atomic E-state index is -2.99. The van der Waals surface area contributed by atoms with Gasteiger partial charge in [0, 0.05) is 6.26 Å². The minimum Gasteiger partial charge on any atom is -0.229 e. The lowest BCUT2D eigenvalue weighted by Gasteiger charge is -2.13. The van der Waals surface area contributed by atoms with Crippen LogP contribution < -0.4 is 0 Å². The molecule has 0 aliphatic heterocycles. The summed E-state index contributed by atoms with van der Waals surface area (Å²) < 4.78 is 22.9. The Morgan fingerprint density at radius 1 is 1.16 bits per heavy atom. The van der Waals surface area contributed by atoms with Gasteiger partial charge in [-0.25, -0.2) is 8.42 Å². The molecule has 3 rings (SSSR count). The lowest BCUT2D eigenvalue weighted by molar-refractivity contribution is 0.601. The average molecular weight is 339 g/mol. The molecule has 0 saturated heterocycles. The Balaban J connectivity index is 2.16. The molecule has 0 radical (unpaired) electrons. The van der Waals surface area contributed by atoms with Gasteiger partial charge in [0.05, 0.1) is 10.6 Å². The van der Waals surface area contributed by atoms with Crippen LogP contribution in [0.2, 0.25) is 0 Å². The third-order valence-electron chi connectivity index (χ3n) is 3.70. The predicted octanol–water partition coefficient (Wildman–Crippen LogP) is 3.42. The van der Waals surface area contributed by atoms with Crippen LogP contribution in [0.5, 0.6) is 0 Å². The van der Waals surface area contributed by atoms with Gasteiger partial charge in [-0.1, -0.05) is 46.3 Å². The number of hydrogen-bond donors (Lipinski definition) is 0. The van der Waals surface area contributed by atoms with Crippen molar-refractivity contribution in [2.45, 2.75) is 17.7 Å². The Morgan fingerprint density at radius 2 is 1.84 bits per heavy atom. The summed E-state index contributed by atoms with van der Waals surface area (Å²) in [6.45, 7) is 0. The van der Waals surface area contributed by atoms with Gasteiger partial charge in [0.1, 0.15) is 9.84 Å². The van der Waals surface area contributed by atoms with Crippen LogP contribution in [0, 0.1) is 0 Å². The molecule has 0 aromatic heterocycles. The van der Waals surface area contributed by atoms with E-state index >= 15 is 0 Å². The fourth-order valence-corrected chi connectivity index (χ4v) is 5.45. The molecular formula is C15H15BrO2S. The molecule has 0 heterocycles. The van der Waals surface area contributed by atoms with E-state index in [1.54, 1.807) is 0 Å². The molecule has 0 spiro atoms. The number of sulfone groups is 1. The van der Waals surface area contributed by atoms with Crippen molar-refractivity contribution in [2.24, 2.45) is 0 Å². The molecule has 2 aromatic rings. The van der Waals surface area contributed by atoms with E-state index in [4.69, 9.17) is 0 Å². The van der Waals surface area contributed by atoms with Crippen molar-refractivity contribution in [3.05, 3.63) is 47.0 Å². The second-order valence-electron chi connectivity index (χ2n) is 5.21. The normalized spacial score (nSPS) is 15.9. The van der Waals surface area contributed by atoms with E-state index in [1.807, 2.05) is 0 Å². The fourth-order valence-electron chi connectivity index (χ4n) is 2.90. The van der Waals surface area contributed by atoms with E-state index < -0.39 is 9.84 Å². The van der Waals surface area contributed by atoms with Crippen molar-refractivity contribution >= 4 is 36.5 Å². The highest BCUT2D eigenvalue weighted by Crippen LogP contribution is 2.37. The van der Waals surface area contributed by atoms with Gasteiger partial charge in [0.25, 0.3) is 0 Å². The third kappa shape index (κ3) is 2.43. The zero-order valence-corrected chi connectivity index (χ0v) is 13.1. The molecule has 100 valence electrons. The van der Waals surface area contributed by atoms with Crippen LogP contribution >= 0.6 is 15.9 Å². The number of aryl methyl sites for hydroxylation is 2. The van der Waals surface area contributed by atoms with Gasteiger partial charge in [-0.15, -0.1) is 0 Å². The maximum Gasteiger partial charge on any atom is 0.148 e. The number of alkyl halides is 1. The van der Waals surface area contributed by atoms with Crippen molar-refractivity contribution in [2.75, 3.05) is 12.0 Å². The second kappa shape index (κ2) is 4.60. The predicted molar refractivity (Wildman–Crippen MR) is 82.7 cm³/mol. The highest BCUT2D eigenvalue weighted by atomic mass is 79.9. The SMILES string of the molecule is CS(=O)(=O)CC(Br)c1ccc2c3c(cccc13)CC2. The highest BCUT2D eigenvalue weighted by Gasteiger charge is 2.20. The van der Waals surface area contributed by atoms with Gasteiger partial charge in [-0.3, -0.25) is 0 Å². The Labute approximate surface area is 121 Å². The molecule has 0 fully saturated rings. The van der Waals surface area contributed by atoms with Crippen molar-refractivity contribution in [3.63, 3.8) is 0 Å². The first-order chi connectivity index (χ1) is 8.96. The van der Waals surface area contributed by atoms with E-state index in [1.165, 1.54) is 28.2 Å². The Hall–Kier alpha value is -0.870. The summed E-state index contributed by atoms with van der Waals surface area (Å²) in [6, 6.07) is 10.5. The minimum absolute atomic E-state index is 0.131. The molecule has 1 aliphatic carbocycles. The molecule has 19 heavy (non-hydrogen) atoms. The van der Waals surface area contributed by atoms with Gasteiger partial charge in [0.2, 0.25) is 0 Å². The maximum atomic E-state index is 11.5. The summed E-state index contributed by atoms with van der Waals surface area (Å²) in [5, 5.41) is 2.52. The zero-order chi connectivity index (χ0) is 13.6. The first-order valence-electron chi connectivity index (χ1n) is 6.31. The number of benzene rings is 2. The topological polar surface area (TPSA) is 34.1 Å². The summed E-state index contributed by atoms with van der Waals surface area (Å²) in [7, 11) is -2.99. The van der Waals surface area contributed by atoms with Crippen LogP contribution in [0.15, 0.2) is 30.3 Å². The van der Waals surface area contributed by atoms with Crippen LogP contribution in [0.25, 0.3) is 10.8 Å². The van der Waals surface area contributed by atoms with Crippen molar-refractivity contribution in [1.29, 1.82) is 0 Å². The van der Waals surface area contributed by atoms with Crippen molar-refractivity contribution < 1.29 is 8.42 Å². The maximum absolute atomic E-state index is 11.5. The lowest BCUT2D eigenvalue weighted by Crippen LogP contribution is -2.09. The van der Waals surface area contributed by atoms with Gasteiger partial charge in [-0.05, 0) is 40.3 Å². The molecule has 2 aromatic carbocycles. The molecule has 0 N–H and O–H groups in total. The Kier molecular flexibility index (Phi) is 3.18. The van der Waals surface area contributed by atoms with E-state index in [2.05, 4.69) is 46.3 Å². The highest BCUT2D eigenvalue weighted by molar-refractivity contribution is 9.09. The molecule has 0 bridgehead atoms. The molecule has 2 nitrogen and oxygen atoms in total. The molecule has 1 atom stereocenters. The first-order valence-corrected chi connectivity index (χ1v) is 9.28. The standard InChI is InChI=1S/C15H15BrO2S/c1-19(17,18)9-14(16)12-8-7-11-6-5-10-3-2-4-13(12)15(10)11/h2-4,7-8,14H,5-6,9H2,1H3. The second-order valence-corrected chi connectivity index (χ2v) is 8.50. The molecular weight excluding hydrogens is 324 g/mol. The monoisotopic (exact) mass is 338 g/mol. The molecule has 0 saturated carbocycles. The summed E-state index contributed by atoms with van der Waals surface area (Å²) in [6.07, 6.45) is 3.46. The number of hydrogen-bond acceptors (Lipinski definition) is 2. The van der Waals surface area contributed by atoms with Crippen molar-refractivity contribution in [1.82, 2.24) is 0 Å². The summed E-state index contributed by atoms with van der Waals surface area (Å²) in [4.78, 5) is -0.146. The zero-order valence-electron chi connectivity index (χ0n) is 10.7. The number of halogens is 1. The Bertz CT molecular complexity index is 740. The lowest BCUT2D eigenvalue weighted by atomic mass is 9.98. The van der Waals surface area contributed by atoms with Gasteiger partial charge >= 0.3 is 0 Å². The van der Waals surface area contributed by atoms with Crippen LogP contribution in [0.3, 0.4) is 0 Å². The smallest absolute Gasteiger partial charge is 0.148 e. The fraction of sp³-hybridized carbons (Fsp3) is 0.333. The largest absolute Gasteiger partial charge is 0.229 e. The first kappa shape index (κ1) is 13.1. The van der Waals surface area contributed by atoms with E-state index in [0.717, 1.165) is 18.4 Å². The van der Waals surface area contributed by atoms with Crippen LogP contribution in [-0.2, 0) is 22.7 Å². The van der Waals surface area contributed by atoms with Gasteiger partial charge in [0.15, 0.2) is 0 Å². The molecule has 4 heteroatoms. The molecule has 1 unspecified atom stereocenters. The Morgan fingerprint density at radius 3 is 2.53 bits per heavy atom. The van der Waals surface area contributed by atoms with E-state index in [0.29, 0.717) is 0 Å². The van der Waals surface area contributed by atoms with Crippen LogP contribution in [0.4, 0.5) is 0 Å².